The predicted octanol–water partition coefficient (Wildman–Crippen LogP) is 2.68. The van der Waals surface area contributed by atoms with Crippen LogP contribution in [0.25, 0.3) is 0 Å². The molecular formula is C20H19FN8O4. The Balaban J connectivity index is 1.35. The Kier molecular flexibility index (Phi) is 6.11. The molecule has 13 heteroatoms. The second-order valence-electron chi connectivity index (χ2n) is 6.97. The minimum Gasteiger partial charge on any atom is -0.464 e. The van der Waals surface area contributed by atoms with E-state index in [9.17, 15) is 19.3 Å². The molecule has 0 atom stereocenters. The first-order valence-corrected chi connectivity index (χ1v) is 9.86. The molecule has 0 spiro atoms. The number of aryl methyl sites for hydroxylation is 1. The van der Waals surface area contributed by atoms with E-state index < -0.39 is 16.6 Å². The molecule has 170 valence electrons. The summed E-state index contributed by atoms with van der Waals surface area (Å²) < 4.78 is 23.5. The third kappa shape index (κ3) is 5.20. The Morgan fingerprint density at radius 1 is 1.18 bits per heavy atom. The smallest absolute Gasteiger partial charge is 0.311 e. The number of carbonyl (C=O) groups excluding carboxylic acids is 1. The molecule has 12 nitrogen and oxygen atoms in total. The highest BCUT2D eigenvalue weighted by Gasteiger charge is 2.17. The number of nitro benzene ring substituents is 1. The number of aromatic nitrogens is 6. The summed E-state index contributed by atoms with van der Waals surface area (Å²) >= 11 is 0. The molecule has 0 fully saturated rings. The summed E-state index contributed by atoms with van der Waals surface area (Å²) in [6, 6.07) is 4.37. The number of hydrogen-bond acceptors (Lipinski definition) is 7. The Bertz CT molecular complexity index is 1290. The van der Waals surface area contributed by atoms with Gasteiger partial charge in [-0.3, -0.25) is 24.3 Å². The summed E-state index contributed by atoms with van der Waals surface area (Å²) in [6.07, 6.45) is 8.36. The number of nitro groups is 1. The standard InChI is InChI=1S/C20H19FN8O4/c1-2-26-10-14(8-22-26)11-28-12-16(9-23-28)24-20(30)17-5-6-27(25-17)13-33-19-7-15(21)3-4-18(19)29(31)32/h3-10,12H,2,11,13H2,1H3,(H,24,30). The van der Waals surface area contributed by atoms with Crippen LogP contribution < -0.4 is 10.1 Å². The van der Waals surface area contributed by atoms with E-state index in [-0.39, 0.29) is 23.9 Å². The molecule has 0 aliphatic carbocycles. The van der Waals surface area contributed by atoms with Crippen molar-refractivity contribution >= 4 is 17.3 Å². The highest BCUT2D eigenvalue weighted by molar-refractivity contribution is 6.02. The van der Waals surface area contributed by atoms with Gasteiger partial charge in [0.25, 0.3) is 5.91 Å². The Morgan fingerprint density at radius 2 is 2.00 bits per heavy atom. The molecule has 33 heavy (non-hydrogen) atoms. The van der Waals surface area contributed by atoms with E-state index in [0.717, 1.165) is 30.3 Å². The van der Waals surface area contributed by atoms with Crippen molar-refractivity contribution in [2.45, 2.75) is 26.7 Å². The van der Waals surface area contributed by atoms with Crippen LogP contribution in [-0.2, 0) is 19.8 Å². The van der Waals surface area contributed by atoms with Gasteiger partial charge in [-0.15, -0.1) is 0 Å². The maximum atomic E-state index is 13.4. The minimum absolute atomic E-state index is 0.101. The number of amides is 1. The number of anilines is 1. The molecule has 0 radical (unpaired) electrons. The van der Waals surface area contributed by atoms with Gasteiger partial charge in [-0.25, -0.2) is 9.07 Å². The van der Waals surface area contributed by atoms with Gasteiger partial charge in [0.2, 0.25) is 5.75 Å². The summed E-state index contributed by atoms with van der Waals surface area (Å²) in [5.74, 6) is -1.38. The molecule has 1 N–H and O–H groups in total. The van der Waals surface area contributed by atoms with Crippen molar-refractivity contribution in [2.75, 3.05) is 5.32 Å². The van der Waals surface area contributed by atoms with Crippen LogP contribution in [0.1, 0.15) is 23.0 Å². The van der Waals surface area contributed by atoms with E-state index in [1.54, 1.807) is 17.1 Å². The maximum absolute atomic E-state index is 13.4. The first-order valence-electron chi connectivity index (χ1n) is 9.86. The first-order chi connectivity index (χ1) is 15.9. The molecule has 0 bridgehead atoms. The van der Waals surface area contributed by atoms with Gasteiger partial charge in [0, 0.05) is 42.8 Å². The largest absolute Gasteiger partial charge is 0.464 e. The lowest BCUT2D eigenvalue weighted by molar-refractivity contribution is -0.386. The second-order valence-corrected chi connectivity index (χ2v) is 6.97. The van der Waals surface area contributed by atoms with Gasteiger partial charge in [0.05, 0.1) is 29.5 Å². The van der Waals surface area contributed by atoms with Crippen LogP contribution in [0.4, 0.5) is 15.8 Å². The summed E-state index contributed by atoms with van der Waals surface area (Å²) in [7, 11) is 0. The predicted molar refractivity (Wildman–Crippen MR) is 113 cm³/mol. The van der Waals surface area contributed by atoms with Crippen molar-refractivity contribution in [3.63, 3.8) is 0 Å². The van der Waals surface area contributed by atoms with Crippen LogP contribution in [0, 0.1) is 15.9 Å². The molecular weight excluding hydrogens is 435 g/mol. The molecule has 3 heterocycles. The van der Waals surface area contributed by atoms with Crippen LogP contribution in [0.5, 0.6) is 5.75 Å². The third-order valence-electron chi connectivity index (χ3n) is 4.59. The van der Waals surface area contributed by atoms with Gasteiger partial charge in [-0.2, -0.15) is 15.3 Å². The lowest BCUT2D eigenvalue weighted by Crippen LogP contribution is -2.14. The zero-order chi connectivity index (χ0) is 23.4. The third-order valence-corrected chi connectivity index (χ3v) is 4.59. The van der Waals surface area contributed by atoms with Crippen molar-refractivity contribution < 1.29 is 18.8 Å². The first kappa shape index (κ1) is 21.7. The normalized spacial score (nSPS) is 10.8. The average molecular weight is 454 g/mol. The van der Waals surface area contributed by atoms with Crippen molar-refractivity contribution in [3.8, 4) is 5.75 Å². The molecule has 1 aromatic carbocycles. The second kappa shape index (κ2) is 9.30. The number of nitrogens with zero attached hydrogens (tertiary/aromatic N) is 7. The fourth-order valence-corrected chi connectivity index (χ4v) is 3.00. The van der Waals surface area contributed by atoms with Crippen molar-refractivity contribution in [3.05, 3.63) is 82.4 Å². The number of benzene rings is 1. The van der Waals surface area contributed by atoms with Crippen molar-refractivity contribution in [1.29, 1.82) is 0 Å². The van der Waals surface area contributed by atoms with E-state index in [0.29, 0.717) is 12.2 Å². The van der Waals surface area contributed by atoms with E-state index in [4.69, 9.17) is 4.74 Å². The van der Waals surface area contributed by atoms with Gasteiger partial charge in [-0.1, -0.05) is 0 Å². The molecule has 4 rings (SSSR count). The van der Waals surface area contributed by atoms with Crippen LogP contribution in [0.2, 0.25) is 0 Å². The lowest BCUT2D eigenvalue weighted by Gasteiger charge is -2.07. The zero-order valence-corrected chi connectivity index (χ0v) is 17.5. The fraction of sp³-hybridized carbons (Fsp3) is 0.200. The van der Waals surface area contributed by atoms with E-state index in [1.165, 1.54) is 23.1 Å². The van der Waals surface area contributed by atoms with Gasteiger partial charge in [0.1, 0.15) is 5.82 Å². The summed E-state index contributed by atoms with van der Waals surface area (Å²) in [6.45, 7) is 3.03. The van der Waals surface area contributed by atoms with E-state index in [1.807, 2.05) is 17.8 Å². The summed E-state index contributed by atoms with van der Waals surface area (Å²) in [5, 5.41) is 26.3. The lowest BCUT2D eigenvalue weighted by atomic mass is 10.3. The number of hydrogen-bond donors (Lipinski definition) is 1. The molecule has 0 aliphatic heterocycles. The molecule has 0 saturated heterocycles. The molecule has 0 saturated carbocycles. The van der Waals surface area contributed by atoms with Crippen LogP contribution in [0.15, 0.2) is 55.2 Å². The molecule has 0 aliphatic rings. The van der Waals surface area contributed by atoms with Gasteiger partial charge >= 0.3 is 5.69 Å². The zero-order valence-electron chi connectivity index (χ0n) is 17.5. The van der Waals surface area contributed by atoms with E-state index >= 15 is 0 Å². The number of rotatable bonds is 9. The fourth-order valence-electron chi connectivity index (χ4n) is 3.00. The van der Waals surface area contributed by atoms with Crippen LogP contribution in [-0.4, -0.2) is 40.2 Å². The average Bonchev–Trinajstić information content (AvgIpc) is 3.53. The topological polar surface area (TPSA) is 135 Å². The minimum atomic E-state index is -0.674. The maximum Gasteiger partial charge on any atom is 0.311 e. The molecule has 1 amide bonds. The number of carbonyl (C=O) groups is 1. The number of nitrogens with one attached hydrogen (secondary N) is 1. The van der Waals surface area contributed by atoms with Gasteiger partial charge in [-0.05, 0) is 19.1 Å². The Hall–Kier alpha value is -4.55. The summed E-state index contributed by atoms with van der Waals surface area (Å²) in [4.78, 5) is 22.9. The van der Waals surface area contributed by atoms with Crippen LogP contribution in [0.3, 0.4) is 0 Å². The van der Waals surface area contributed by atoms with Crippen LogP contribution >= 0.6 is 0 Å². The highest BCUT2D eigenvalue weighted by Crippen LogP contribution is 2.27. The quantitative estimate of drug-likeness (QED) is 0.303. The van der Waals surface area contributed by atoms with Gasteiger partial charge in [0.15, 0.2) is 12.4 Å². The number of ether oxygens (including phenoxy) is 1. The summed E-state index contributed by atoms with van der Waals surface area (Å²) in [5.41, 5.74) is 1.20. The number of halogens is 1. The Morgan fingerprint density at radius 3 is 2.76 bits per heavy atom. The SMILES string of the molecule is CCn1cc(Cn2cc(NC(=O)c3ccn(COc4cc(F)ccc4[N+](=O)[O-])n3)cn2)cn1. The Labute approximate surface area is 186 Å². The van der Waals surface area contributed by atoms with Crippen molar-refractivity contribution in [1.82, 2.24) is 29.3 Å². The monoisotopic (exact) mass is 454 g/mol. The molecule has 4 aromatic rings. The molecule has 0 unspecified atom stereocenters. The molecule has 3 aromatic heterocycles. The van der Waals surface area contributed by atoms with E-state index in [2.05, 4.69) is 20.6 Å². The van der Waals surface area contributed by atoms with Crippen molar-refractivity contribution in [2.24, 2.45) is 0 Å². The highest BCUT2D eigenvalue weighted by atomic mass is 19.1. The van der Waals surface area contributed by atoms with Gasteiger partial charge < -0.3 is 10.1 Å².